The molecule has 1 fully saturated rings. The number of ether oxygens (including phenoxy) is 5. The molecule has 1 saturated heterocycles. The zero-order chi connectivity index (χ0) is 35.6. The topological polar surface area (TPSA) is 142 Å². The number of rotatable bonds is 17. The number of likely N-dealkylation sites (tertiary alicyclic amines) is 1. The molecule has 1 N–H and O–H groups in total. The Hall–Kier alpha value is -3.65. The molecule has 1 unspecified atom stereocenters. The molecular weight excluding hydrogens is 634 g/mol. The zero-order valence-corrected chi connectivity index (χ0v) is 29.7. The summed E-state index contributed by atoms with van der Waals surface area (Å²) in [6, 6.07) is 14.2. The van der Waals surface area contributed by atoms with Crippen LogP contribution in [0.3, 0.4) is 0 Å². The molecule has 2 heterocycles. The first-order valence-corrected chi connectivity index (χ1v) is 17.0. The second-order valence-corrected chi connectivity index (χ2v) is 13.9. The van der Waals surface area contributed by atoms with Gasteiger partial charge < -0.3 is 38.5 Å². The summed E-state index contributed by atoms with van der Waals surface area (Å²) in [7, 11) is 3.33. The highest BCUT2D eigenvalue weighted by Gasteiger charge is 2.56. The number of anilines is 1. The number of amides is 1. The van der Waals surface area contributed by atoms with E-state index in [2.05, 4.69) is 11.0 Å². The minimum absolute atomic E-state index is 0.0849. The van der Waals surface area contributed by atoms with E-state index in [9.17, 15) is 20.0 Å². The summed E-state index contributed by atoms with van der Waals surface area (Å²) in [4.78, 5) is 33.0. The van der Waals surface area contributed by atoms with Crippen molar-refractivity contribution >= 4 is 11.8 Å². The number of hydrogen-bond acceptors (Lipinski definition) is 10. The molecule has 0 saturated carbocycles. The molecule has 4 atom stereocenters. The van der Waals surface area contributed by atoms with E-state index in [1.807, 2.05) is 57.2 Å². The van der Waals surface area contributed by atoms with Gasteiger partial charge in [0.2, 0.25) is 0 Å². The smallest absolute Gasteiger partial charge is 0.407 e. The van der Waals surface area contributed by atoms with Gasteiger partial charge in [-0.15, -0.1) is 10.1 Å². The number of benzene rings is 2. The molecule has 13 heteroatoms. The second-order valence-electron chi connectivity index (χ2n) is 13.9. The molecule has 0 radical (unpaired) electrons. The predicted molar refractivity (Wildman–Crippen MR) is 184 cm³/mol. The van der Waals surface area contributed by atoms with Gasteiger partial charge in [-0.05, 0) is 60.4 Å². The summed E-state index contributed by atoms with van der Waals surface area (Å²) in [5.41, 5.74) is 2.36. The van der Waals surface area contributed by atoms with Crippen molar-refractivity contribution in [2.24, 2.45) is 5.41 Å². The van der Waals surface area contributed by atoms with Gasteiger partial charge in [-0.25, -0.2) is 4.79 Å². The lowest BCUT2D eigenvalue weighted by molar-refractivity contribution is -0.768. The lowest BCUT2D eigenvalue weighted by atomic mass is 9.61. The van der Waals surface area contributed by atoms with Gasteiger partial charge >= 0.3 is 6.09 Å². The standard InChI is InChI=1S/C36H53N3O10/c1-26(49-39(42)43)21-36(35(2,3)4)22-30(29-11-8-27(9-12-29)24-46-19-18-45-6)33(23-38(36)34(40)41)48-25-28-10-13-32-31(20-28)37(15-17-47-32)14-7-16-44-5/h8-13,20,26,30,33H,7,14-19,21-25H2,1-6H3,(H,40,41)/t26?,30-,33+,36+/m1/s1. The van der Waals surface area contributed by atoms with Crippen LogP contribution in [-0.4, -0.2) is 99.2 Å². The summed E-state index contributed by atoms with van der Waals surface area (Å²) >= 11 is 0. The SMILES string of the molecule is COCCCN1CCOc2ccc(CO[C@H]3CN(C(=O)O)[C@](CC(C)O[N+](=O)[O-])(C(C)(C)C)C[C@@H]3c3ccc(COCCOC)cc3)cc21. The van der Waals surface area contributed by atoms with E-state index in [1.54, 1.807) is 21.1 Å². The summed E-state index contributed by atoms with van der Waals surface area (Å²) in [6.45, 7) is 12.2. The van der Waals surface area contributed by atoms with Gasteiger partial charge in [0.1, 0.15) is 18.5 Å². The van der Waals surface area contributed by atoms with E-state index >= 15 is 0 Å². The van der Waals surface area contributed by atoms with Crippen LogP contribution in [0.2, 0.25) is 0 Å². The maximum Gasteiger partial charge on any atom is 0.407 e. The molecule has 49 heavy (non-hydrogen) atoms. The van der Waals surface area contributed by atoms with Crippen LogP contribution in [0.15, 0.2) is 42.5 Å². The molecule has 0 spiro atoms. The molecular formula is C36H53N3O10. The fourth-order valence-electron chi connectivity index (χ4n) is 7.16. The summed E-state index contributed by atoms with van der Waals surface area (Å²) < 4.78 is 28.6. The Kier molecular flexibility index (Phi) is 13.5. The average Bonchev–Trinajstić information content (AvgIpc) is 3.05. The third kappa shape index (κ3) is 9.74. The highest BCUT2D eigenvalue weighted by molar-refractivity contribution is 5.67. The number of piperidine rings is 1. The first-order chi connectivity index (χ1) is 23.4. The summed E-state index contributed by atoms with van der Waals surface area (Å²) in [5.74, 6) is 0.611. The minimum atomic E-state index is -1.10. The normalized spacial score (nSPS) is 21.5. The molecule has 272 valence electrons. The maximum absolute atomic E-state index is 13.0. The lowest BCUT2D eigenvalue weighted by Crippen LogP contribution is -2.66. The predicted octanol–water partition coefficient (Wildman–Crippen LogP) is 5.91. The van der Waals surface area contributed by atoms with E-state index in [0.29, 0.717) is 39.5 Å². The van der Waals surface area contributed by atoms with Crippen LogP contribution in [-0.2, 0) is 37.0 Å². The summed E-state index contributed by atoms with van der Waals surface area (Å²) in [6.07, 6.45) is -1.01. The first-order valence-electron chi connectivity index (χ1n) is 17.0. The molecule has 4 rings (SSSR count). The Balaban J connectivity index is 1.65. The zero-order valence-electron chi connectivity index (χ0n) is 29.7. The van der Waals surface area contributed by atoms with Crippen LogP contribution in [0.25, 0.3) is 0 Å². The molecule has 2 aromatic carbocycles. The molecule has 1 amide bonds. The van der Waals surface area contributed by atoms with E-state index in [4.69, 9.17) is 28.5 Å². The van der Waals surface area contributed by atoms with Crippen LogP contribution in [0, 0.1) is 15.5 Å². The van der Waals surface area contributed by atoms with Gasteiger partial charge in [-0.1, -0.05) is 51.1 Å². The first kappa shape index (κ1) is 38.2. The number of carboxylic acid groups (broad SMARTS) is 1. The van der Waals surface area contributed by atoms with Gasteiger partial charge in [0.15, 0.2) is 0 Å². The quantitative estimate of drug-likeness (QED) is 0.121. The monoisotopic (exact) mass is 687 g/mol. The third-order valence-corrected chi connectivity index (χ3v) is 9.74. The lowest BCUT2D eigenvalue weighted by Gasteiger charge is -2.58. The van der Waals surface area contributed by atoms with Crippen molar-refractivity contribution in [2.75, 3.05) is 65.2 Å². The Morgan fingerprint density at radius 2 is 1.80 bits per heavy atom. The van der Waals surface area contributed by atoms with Crippen molar-refractivity contribution in [2.45, 2.75) is 83.8 Å². The van der Waals surface area contributed by atoms with E-state index < -0.39 is 34.3 Å². The van der Waals surface area contributed by atoms with E-state index in [-0.39, 0.29) is 25.5 Å². The molecule has 2 aliphatic rings. The number of hydrogen-bond donors (Lipinski definition) is 1. The highest BCUT2D eigenvalue weighted by atomic mass is 17.0. The molecule has 0 bridgehead atoms. The van der Waals surface area contributed by atoms with Crippen LogP contribution in [0.5, 0.6) is 5.75 Å². The van der Waals surface area contributed by atoms with E-state index in [1.165, 1.54) is 4.90 Å². The van der Waals surface area contributed by atoms with Gasteiger partial charge in [-0.2, -0.15) is 0 Å². The van der Waals surface area contributed by atoms with Crippen molar-refractivity contribution in [3.63, 3.8) is 0 Å². The van der Waals surface area contributed by atoms with Crippen molar-refractivity contribution in [3.05, 3.63) is 69.3 Å². The molecule has 13 nitrogen and oxygen atoms in total. The van der Waals surface area contributed by atoms with Crippen molar-refractivity contribution in [1.29, 1.82) is 0 Å². The van der Waals surface area contributed by atoms with Crippen LogP contribution in [0.4, 0.5) is 10.5 Å². The van der Waals surface area contributed by atoms with Gasteiger partial charge in [0, 0.05) is 33.3 Å². The minimum Gasteiger partial charge on any atom is -0.490 e. The van der Waals surface area contributed by atoms with Gasteiger partial charge in [0.25, 0.3) is 5.09 Å². The Morgan fingerprint density at radius 3 is 2.45 bits per heavy atom. The molecule has 0 aromatic heterocycles. The number of methoxy groups -OCH3 is 2. The summed E-state index contributed by atoms with van der Waals surface area (Å²) in [5, 5.41) is 21.1. The Morgan fingerprint density at radius 1 is 1.08 bits per heavy atom. The van der Waals surface area contributed by atoms with Crippen molar-refractivity contribution in [1.82, 2.24) is 4.90 Å². The molecule has 2 aliphatic heterocycles. The number of nitrogens with zero attached hydrogens (tertiary/aromatic N) is 3. The van der Waals surface area contributed by atoms with E-state index in [0.717, 1.165) is 47.6 Å². The average molecular weight is 688 g/mol. The fraction of sp³-hybridized carbons (Fsp3) is 0.639. The highest BCUT2D eigenvalue weighted by Crippen LogP contribution is 2.51. The van der Waals surface area contributed by atoms with Crippen molar-refractivity contribution in [3.8, 4) is 5.75 Å². The van der Waals surface area contributed by atoms with Crippen LogP contribution >= 0.6 is 0 Å². The Labute approximate surface area is 289 Å². The largest absolute Gasteiger partial charge is 0.490 e. The third-order valence-electron chi connectivity index (χ3n) is 9.74. The van der Waals surface area contributed by atoms with Gasteiger partial charge in [-0.3, -0.25) is 4.90 Å². The number of fused-ring (bicyclic) bond motifs is 1. The second kappa shape index (κ2) is 17.3. The maximum atomic E-state index is 13.0. The van der Waals surface area contributed by atoms with Crippen LogP contribution in [0.1, 0.15) is 69.6 Å². The Bertz CT molecular complexity index is 1370. The fourth-order valence-corrected chi connectivity index (χ4v) is 7.16. The molecule has 2 aromatic rings. The van der Waals surface area contributed by atoms with Gasteiger partial charge in [0.05, 0.1) is 56.8 Å². The number of carbonyl (C=O) groups is 1. The van der Waals surface area contributed by atoms with Crippen LogP contribution < -0.4 is 9.64 Å². The van der Waals surface area contributed by atoms with Crippen molar-refractivity contribution < 1.29 is 43.5 Å². The molecule has 0 aliphatic carbocycles.